The van der Waals surface area contributed by atoms with Crippen molar-refractivity contribution in [1.29, 1.82) is 0 Å². The zero-order chi connectivity index (χ0) is 13.3. The van der Waals surface area contributed by atoms with Gasteiger partial charge in [-0.05, 0) is 26.7 Å². The fraction of sp³-hybridized carbons (Fsp3) is 0.583. The van der Waals surface area contributed by atoms with E-state index in [0.717, 1.165) is 18.5 Å². The van der Waals surface area contributed by atoms with Crippen LogP contribution in [0.3, 0.4) is 0 Å². The Kier molecular flexibility index (Phi) is 3.36. The van der Waals surface area contributed by atoms with Crippen LogP contribution in [0.15, 0.2) is 6.20 Å². The highest BCUT2D eigenvalue weighted by molar-refractivity contribution is 5.95. The van der Waals surface area contributed by atoms with E-state index in [1.54, 1.807) is 11.8 Å². The number of H-pyrrole nitrogens is 1. The molecule has 0 radical (unpaired) electrons. The number of carbonyl (C=O) groups excluding carboxylic acids is 2. The van der Waals surface area contributed by atoms with Gasteiger partial charge < -0.3 is 10.6 Å². The first kappa shape index (κ1) is 12.6. The van der Waals surface area contributed by atoms with Crippen LogP contribution < -0.4 is 5.73 Å². The fourth-order valence-electron chi connectivity index (χ4n) is 2.34. The number of primary amides is 1. The maximum Gasteiger partial charge on any atom is 0.257 e. The summed E-state index contributed by atoms with van der Waals surface area (Å²) in [5.41, 5.74) is 6.63. The molecule has 2 atom stereocenters. The Morgan fingerprint density at radius 3 is 2.78 bits per heavy atom. The van der Waals surface area contributed by atoms with Gasteiger partial charge in [0.1, 0.15) is 0 Å². The maximum absolute atomic E-state index is 12.4. The molecule has 98 valence electrons. The number of rotatable bonds is 2. The lowest BCUT2D eigenvalue weighted by Crippen LogP contribution is -2.48. The summed E-state index contributed by atoms with van der Waals surface area (Å²) in [7, 11) is 0. The van der Waals surface area contributed by atoms with Gasteiger partial charge in [-0.3, -0.25) is 14.7 Å². The number of nitrogens with zero attached hydrogens (tertiary/aromatic N) is 2. The molecule has 6 heteroatoms. The first-order chi connectivity index (χ1) is 8.50. The lowest BCUT2D eigenvalue weighted by atomic mass is 9.92. The molecule has 2 unspecified atom stereocenters. The summed E-state index contributed by atoms with van der Waals surface area (Å²) < 4.78 is 0. The number of hydrogen-bond donors (Lipinski definition) is 2. The van der Waals surface area contributed by atoms with E-state index in [9.17, 15) is 9.59 Å². The molecule has 2 rings (SSSR count). The van der Waals surface area contributed by atoms with E-state index < -0.39 is 0 Å². The Morgan fingerprint density at radius 1 is 1.50 bits per heavy atom. The fourth-order valence-corrected chi connectivity index (χ4v) is 2.34. The second kappa shape index (κ2) is 4.80. The molecule has 0 spiro atoms. The zero-order valence-corrected chi connectivity index (χ0v) is 10.6. The summed E-state index contributed by atoms with van der Waals surface area (Å²) in [5, 5.41) is 6.60. The normalized spacial score (nSPS) is 24.0. The van der Waals surface area contributed by atoms with Gasteiger partial charge in [-0.2, -0.15) is 5.10 Å². The van der Waals surface area contributed by atoms with E-state index in [2.05, 4.69) is 10.2 Å². The lowest BCUT2D eigenvalue weighted by Gasteiger charge is -2.36. The van der Waals surface area contributed by atoms with E-state index in [-0.39, 0.29) is 23.8 Å². The molecule has 0 saturated carbocycles. The van der Waals surface area contributed by atoms with Crippen LogP contribution in [0.25, 0.3) is 0 Å². The van der Waals surface area contributed by atoms with Crippen molar-refractivity contribution < 1.29 is 9.59 Å². The molecule has 18 heavy (non-hydrogen) atoms. The van der Waals surface area contributed by atoms with E-state index in [0.29, 0.717) is 12.1 Å². The molecule has 0 bridgehead atoms. The van der Waals surface area contributed by atoms with Crippen molar-refractivity contribution in [2.75, 3.05) is 6.54 Å². The molecule has 1 aromatic rings. The summed E-state index contributed by atoms with van der Waals surface area (Å²) >= 11 is 0. The van der Waals surface area contributed by atoms with Crippen molar-refractivity contribution in [3.05, 3.63) is 17.5 Å². The molecular weight excluding hydrogens is 232 g/mol. The largest absolute Gasteiger partial charge is 0.369 e. The Hall–Kier alpha value is -1.85. The van der Waals surface area contributed by atoms with Crippen LogP contribution >= 0.6 is 0 Å². The highest BCUT2D eigenvalue weighted by atomic mass is 16.2. The number of carbonyl (C=O) groups is 2. The van der Waals surface area contributed by atoms with Crippen molar-refractivity contribution >= 4 is 11.8 Å². The summed E-state index contributed by atoms with van der Waals surface area (Å²) in [6.07, 6.45) is 3.08. The smallest absolute Gasteiger partial charge is 0.257 e. The molecule has 0 aromatic carbocycles. The van der Waals surface area contributed by atoms with Gasteiger partial charge in [-0.1, -0.05) is 0 Å². The topological polar surface area (TPSA) is 92.1 Å². The molecule has 1 saturated heterocycles. The third kappa shape index (κ3) is 2.23. The number of aromatic amines is 1. The molecule has 2 amide bonds. The monoisotopic (exact) mass is 250 g/mol. The number of piperidine rings is 1. The minimum Gasteiger partial charge on any atom is -0.369 e. The van der Waals surface area contributed by atoms with Gasteiger partial charge in [0, 0.05) is 18.3 Å². The average molecular weight is 250 g/mol. The van der Waals surface area contributed by atoms with Gasteiger partial charge in [-0.15, -0.1) is 0 Å². The third-order valence-electron chi connectivity index (χ3n) is 3.61. The first-order valence-corrected chi connectivity index (χ1v) is 6.11. The summed E-state index contributed by atoms with van der Waals surface area (Å²) in [6.45, 7) is 4.20. The van der Waals surface area contributed by atoms with E-state index in [4.69, 9.17) is 5.73 Å². The van der Waals surface area contributed by atoms with Crippen molar-refractivity contribution in [1.82, 2.24) is 15.1 Å². The third-order valence-corrected chi connectivity index (χ3v) is 3.61. The number of aromatic nitrogens is 2. The summed E-state index contributed by atoms with van der Waals surface area (Å²) in [5.74, 6) is -0.652. The van der Waals surface area contributed by atoms with Crippen LogP contribution in [-0.2, 0) is 4.79 Å². The van der Waals surface area contributed by atoms with Gasteiger partial charge in [0.2, 0.25) is 5.91 Å². The number of likely N-dealkylation sites (tertiary alicyclic amines) is 1. The number of nitrogens with two attached hydrogens (primary N) is 1. The first-order valence-electron chi connectivity index (χ1n) is 6.11. The van der Waals surface area contributed by atoms with E-state index >= 15 is 0 Å². The number of amides is 2. The van der Waals surface area contributed by atoms with Crippen LogP contribution in [0.4, 0.5) is 0 Å². The van der Waals surface area contributed by atoms with Gasteiger partial charge in [-0.25, -0.2) is 0 Å². The predicted molar refractivity (Wildman–Crippen MR) is 65.7 cm³/mol. The number of hydrogen-bond acceptors (Lipinski definition) is 3. The number of aryl methyl sites for hydroxylation is 1. The van der Waals surface area contributed by atoms with E-state index in [1.807, 2.05) is 6.92 Å². The molecule has 0 aliphatic carbocycles. The highest BCUT2D eigenvalue weighted by Crippen LogP contribution is 2.23. The minimum absolute atomic E-state index is 0.0836. The van der Waals surface area contributed by atoms with E-state index in [1.165, 1.54) is 6.20 Å². The zero-order valence-electron chi connectivity index (χ0n) is 10.6. The molecule has 1 aliphatic rings. The summed E-state index contributed by atoms with van der Waals surface area (Å²) in [4.78, 5) is 25.3. The van der Waals surface area contributed by atoms with Crippen molar-refractivity contribution in [2.45, 2.75) is 32.7 Å². The standard InChI is InChI=1S/C12H18N4O2/c1-7-3-4-9(11(13)17)6-16(7)12(18)10-5-14-15-8(10)2/h5,7,9H,3-4,6H2,1-2H3,(H2,13,17)(H,14,15). The molecule has 2 heterocycles. The van der Waals surface area contributed by atoms with Crippen LogP contribution in [0.5, 0.6) is 0 Å². The van der Waals surface area contributed by atoms with Crippen LogP contribution in [0, 0.1) is 12.8 Å². The molecular formula is C12H18N4O2. The molecule has 6 nitrogen and oxygen atoms in total. The quantitative estimate of drug-likeness (QED) is 0.798. The Bertz CT molecular complexity index is 468. The van der Waals surface area contributed by atoms with Crippen LogP contribution in [0.2, 0.25) is 0 Å². The second-order valence-electron chi connectivity index (χ2n) is 4.89. The predicted octanol–water partition coefficient (Wildman–Crippen LogP) is 0.444. The molecule has 3 N–H and O–H groups in total. The second-order valence-corrected chi connectivity index (χ2v) is 4.89. The van der Waals surface area contributed by atoms with Gasteiger partial charge >= 0.3 is 0 Å². The van der Waals surface area contributed by atoms with Gasteiger partial charge in [0.05, 0.1) is 17.7 Å². The van der Waals surface area contributed by atoms with Gasteiger partial charge in [0.15, 0.2) is 0 Å². The molecule has 1 fully saturated rings. The van der Waals surface area contributed by atoms with Crippen molar-refractivity contribution in [3.63, 3.8) is 0 Å². The average Bonchev–Trinajstić information content (AvgIpc) is 2.75. The Labute approximate surface area is 106 Å². The highest BCUT2D eigenvalue weighted by Gasteiger charge is 2.32. The Balaban J connectivity index is 2.18. The lowest BCUT2D eigenvalue weighted by molar-refractivity contribution is -0.123. The molecule has 1 aliphatic heterocycles. The van der Waals surface area contributed by atoms with Crippen molar-refractivity contribution in [2.24, 2.45) is 11.7 Å². The minimum atomic E-state index is -0.330. The molecule has 1 aromatic heterocycles. The number of nitrogens with one attached hydrogen (secondary N) is 1. The Morgan fingerprint density at radius 2 is 2.22 bits per heavy atom. The van der Waals surface area contributed by atoms with Crippen LogP contribution in [0.1, 0.15) is 35.8 Å². The SMILES string of the molecule is Cc1[nH]ncc1C(=O)N1CC(C(N)=O)CCC1C. The van der Waals surface area contributed by atoms with Crippen molar-refractivity contribution in [3.8, 4) is 0 Å². The maximum atomic E-state index is 12.4. The van der Waals surface area contributed by atoms with Gasteiger partial charge in [0.25, 0.3) is 5.91 Å². The summed E-state index contributed by atoms with van der Waals surface area (Å²) in [6, 6.07) is 0.127. The van der Waals surface area contributed by atoms with Crippen LogP contribution in [-0.4, -0.2) is 39.5 Å².